The van der Waals surface area contributed by atoms with Crippen LogP contribution in [0.15, 0.2) is 24.3 Å². The minimum absolute atomic E-state index is 0.326. The minimum Gasteiger partial charge on any atom is -0.371 e. The molecule has 1 unspecified atom stereocenters. The lowest BCUT2D eigenvalue weighted by Crippen LogP contribution is -2.48. The summed E-state index contributed by atoms with van der Waals surface area (Å²) in [6, 6.07) is 6.08. The van der Waals surface area contributed by atoms with Gasteiger partial charge in [0.25, 0.3) is 0 Å². The van der Waals surface area contributed by atoms with Crippen LogP contribution in [-0.2, 0) is 4.79 Å². The minimum atomic E-state index is -0.797. The number of nitrogens with one attached hydrogen (secondary N) is 1. The fourth-order valence-electron chi connectivity index (χ4n) is 2.00. The van der Waals surface area contributed by atoms with Crippen LogP contribution in [0.4, 0.5) is 10.1 Å². The van der Waals surface area contributed by atoms with E-state index in [-0.39, 0.29) is 5.82 Å². The maximum atomic E-state index is 13.1. The summed E-state index contributed by atoms with van der Waals surface area (Å²) in [4.78, 5) is 11.5. The second-order valence-electron chi connectivity index (χ2n) is 4.98. The number of benzene rings is 1. The third-order valence-electron chi connectivity index (χ3n) is 3.18. The van der Waals surface area contributed by atoms with Gasteiger partial charge in [-0.2, -0.15) is 0 Å². The molecule has 0 heterocycles. The number of rotatable bonds is 5. The zero-order valence-electron chi connectivity index (χ0n) is 9.87. The zero-order valence-corrected chi connectivity index (χ0v) is 9.87. The molecule has 1 aromatic rings. The maximum absolute atomic E-state index is 13.1. The lowest BCUT2D eigenvalue weighted by molar-refractivity contribution is -0.122. The number of hydrogen-bond donors (Lipinski definition) is 2. The first-order valence-electron chi connectivity index (χ1n) is 5.83. The number of hydrogen-bond acceptors (Lipinski definition) is 2. The Labute approximate surface area is 100 Å². The largest absolute Gasteiger partial charge is 0.371 e. The summed E-state index contributed by atoms with van der Waals surface area (Å²) in [6.45, 7) is 1.78. The van der Waals surface area contributed by atoms with E-state index in [0.29, 0.717) is 18.0 Å². The van der Waals surface area contributed by atoms with Crippen LogP contribution in [0.25, 0.3) is 0 Å². The Balaban J connectivity index is 2.13. The van der Waals surface area contributed by atoms with Crippen molar-refractivity contribution in [2.24, 2.45) is 11.7 Å². The van der Waals surface area contributed by atoms with Crippen molar-refractivity contribution < 1.29 is 9.18 Å². The van der Waals surface area contributed by atoms with Gasteiger partial charge in [-0.25, -0.2) is 4.39 Å². The molecule has 0 radical (unpaired) electrons. The Hall–Kier alpha value is -1.58. The van der Waals surface area contributed by atoms with Gasteiger partial charge in [0.05, 0.1) is 0 Å². The molecular formula is C13H17FN2O. The van der Waals surface area contributed by atoms with Crippen molar-refractivity contribution in [1.82, 2.24) is 0 Å². The van der Waals surface area contributed by atoms with Crippen molar-refractivity contribution in [3.05, 3.63) is 30.1 Å². The quantitative estimate of drug-likeness (QED) is 0.824. The average Bonchev–Trinajstić information content (AvgIpc) is 3.01. The highest BCUT2D eigenvalue weighted by Crippen LogP contribution is 2.37. The predicted molar refractivity (Wildman–Crippen MR) is 65.0 cm³/mol. The fraction of sp³-hybridized carbons (Fsp3) is 0.462. The van der Waals surface area contributed by atoms with E-state index in [1.807, 2.05) is 0 Å². The lowest BCUT2D eigenvalue weighted by Gasteiger charge is -2.28. The Morgan fingerprint density at radius 1 is 1.59 bits per heavy atom. The Morgan fingerprint density at radius 3 is 2.82 bits per heavy atom. The van der Waals surface area contributed by atoms with Crippen LogP contribution in [0.5, 0.6) is 0 Å². The second kappa shape index (κ2) is 4.35. The summed E-state index contributed by atoms with van der Waals surface area (Å²) < 4.78 is 13.1. The molecule has 3 nitrogen and oxygen atoms in total. The first kappa shape index (κ1) is 11.9. The molecule has 1 atom stereocenters. The van der Waals surface area contributed by atoms with Gasteiger partial charge in [-0.1, -0.05) is 18.9 Å². The Bertz CT molecular complexity index is 431. The SMILES string of the molecule is CC(CC1CC1)(Nc1cccc(F)c1)C(N)=O. The van der Waals surface area contributed by atoms with Crippen molar-refractivity contribution in [1.29, 1.82) is 0 Å². The van der Waals surface area contributed by atoms with Crippen molar-refractivity contribution in [2.45, 2.75) is 31.7 Å². The van der Waals surface area contributed by atoms with E-state index in [1.54, 1.807) is 19.1 Å². The van der Waals surface area contributed by atoms with Crippen LogP contribution in [0.3, 0.4) is 0 Å². The molecule has 0 aromatic heterocycles. The molecule has 92 valence electrons. The van der Waals surface area contributed by atoms with Crippen molar-refractivity contribution >= 4 is 11.6 Å². The van der Waals surface area contributed by atoms with Crippen molar-refractivity contribution in [2.75, 3.05) is 5.32 Å². The molecule has 1 fully saturated rings. The van der Waals surface area contributed by atoms with E-state index in [9.17, 15) is 9.18 Å². The van der Waals surface area contributed by atoms with Gasteiger partial charge in [-0.3, -0.25) is 4.79 Å². The molecule has 4 heteroatoms. The van der Waals surface area contributed by atoms with Crippen LogP contribution >= 0.6 is 0 Å². The van der Waals surface area contributed by atoms with Gasteiger partial charge in [-0.05, 0) is 37.5 Å². The first-order chi connectivity index (χ1) is 7.99. The molecule has 0 saturated heterocycles. The van der Waals surface area contributed by atoms with Crippen LogP contribution in [0, 0.1) is 11.7 Å². The number of anilines is 1. The summed E-state index contributed by atoms with van der Waals surface area (Å²) in [5.74, 6) is -0.157. The molecule has 0 aliphatic heterocycles. The highest BCUT2D eigenvalue weighted by Gasteiger charge is 2.37. The normalized spacial score (nSPS) is 18.5. The summed E-state index contributed by atoms with van der Waals surface area (Å²) >= 11 is 0. The number of carbonyl (C=O) groups excluding carboxylic acids is 1. The second-order valence-corrected chi connectivity index (χ2v) is 4.98. The summed E-state index contributed by atoms with van der Waals surface area (Å²) in [5, 5.41) is 3.05. The first-order valence-corrected chi connectivity index (χ1v) is 5.83. The zero-order chi connectivity index (χ0) is 12.5. The Morgan fingerprint density at radius 2 is 2.29 bits per heavy atom. The van der Waals surface area contributed by atoms with E-state index in [0.717, 1.165) is 12.8 Å². The fourth-order valence-corrected chi connectivity index (χ4v) is 2.00. The number of carbonyl (C=O) groups is 1. The average molecular weight is 236 g/mol. The molecule has 1 aromatic carbocycles. The van der Waals surface area contributed by atoms with Gasteiger partial charge >= 0.3 is 0 Å². The van der Waals surface area contributed by atoms with Crippen molar-refractivity contribution in [3.8, 4) is 0 Å². The molecular weight excluding hydrogens is 219 g/mol. The lowest BCUT2D eigenvalue weighted by atomic mass is 9.93. The van der Waals surface area contributed by atoms with Gasteiger partial charge in [0.15, 0.2) is 0 Å². The molecule has 1 amide bonds. The Kier molecular flexibility index (Phi) is 3.05. The van der Waals surface area contributed by atoms with Crippen LogP contribution in [-0.4, -0.2) is 11.4 Å². The number of amides is 1. The third-order valence-corrected chi connectivity index (χ3v) is 3.18. The van der Waals surface area contributed by atoms with E-state index in [2.05, 4.69) is 5.32 Å². The van der Waals surface area contributed by atoms with Gasteiger partial charge < -0.3 is 11.1 Å². The van der Waals surface area contributed by atoms with Crippen molar-refractivity contribution in [3.63, 3.8) is 0 Å². The highest BCUT2D eigenvalue weighted by atomic mass is 19.1. The highest BCUT2D eigenvalue weighted by molar-refractivity contribution is 5.87. The van der Waals surface area contributed by atoms with E-state index in [1.165, 1.54) is 12.1 Å². The molecule has 0 spiro atoms. The molecule has 0 bridgehead atoms. The number of halogens is 1. The van der Waals surface area contributed by atoms with E-state index >= 15 is 0 Å². The summed E-state index contributed by atoms with van der Waals surface area (Å²) in [7, 11) is 0. The third kappa shape index (κ3) is 2.96. The molecule has 17 heavy (non-hydrogen) atoms. The maximum Gasteiger partial charge on any atom is 0.242 e. The molecule has 1 saturated carbocycles. The van der Waals surface area contributed by atoms with E-state index in [4.69, 9.17) is 5.73 Å². The van der Waals surface area contributed by atoms with Crippen LogP contribution in [0.1, 0.15) is 26.2 Å². The van der Waals surface area contributed by atoms with Gasteiger partial charge in [0.1, 0.15) is 11.4 Å². The van der Waals surface area contributed by atoms with Gasteiger partial charge in [0.2, 0.25) is 5.91 Å². The number of primary amides is 1. The van der Waals surface area contributed by atoms with Gasteiger partial charge in [0, 0.05) is 5.69 Å². The standard InChI is InChI=1S/C13H17FN2O/c1-13(12(15)17,8-9-5-6-9)16-11-4-2-3-10(14)7-11/h2-4,7,9,16H,5-6,8H2,1H3,(H2,15,17). The summed E-state index contributed by atoms with van der Waals surface area (Å²) in [5.41, 5.74) is 5.23. The van der Waals surface area contributed by atoms with E-state index < -0.39 is 11.4 Å². The number of nitrogens with two attached hydrogens (primary N) is 1. The van der Waals surface area contributed by atoms with Gasteiger partial charge in [-0.15, -0.1) is 0 Å². The monoisotopic (exact) mass is 236 g/mol. The molecule has 3 N–H and O–H groups in total. The topological polar surface area (TPSA) is 55.1 Å². The smallest absolute Gasteiger partial charge is 0.242 e. The van der Waals surface area contributed by atoms with Crippen LogP contribution < -0.4 is 11.1 Å². The summed E-state index contributed by atoms with van der Waals surface area (Å²) in [6.07, 6.45) is 3.00. The molecule has 1 aliphatic carbocycles. The molecule has 1 aliphatic rings. The van der Waals surface area contributed by atoms with Crippen LogP contribution in [0.2, 0.25) is 0 Å². The molecule has 2 rings (SSSR count). The predicted octanol–water partition coefficient (Wildman–Crippen LogP) is 2.28.